The summed E-state index contributed by atoms with van der Waals surface area (Å²) in [7, 11) is 0. The van der Waals surface area contributed by atoms with Crippen LogP contribution in [0.25, 0.3) is 11.0 Å². The Morgan fingerprint density at radius 1 is 1.19 bits per heavy atom. The van der Waals surface area contributed by atoms with Gasteiger partial charge in [0.1, 0.15) is 11.6 Å². The molecular formula is C24H29FN4O2. The Labute approximate surface area is 181 Å². The van der Waals surface area contributed by atoms with Gasteiger partial charge in [0.15, 0.2) is 5.58 Å². The van der Waals surface area contributed by atoms with Gasteiger partial charge in [-0.1, -0.05) is 12.1 Å². The highest BCUT2D eigenvalue weighted by atomic mass is 19.1. The lowest BCUT2D eigenvalue weighted by atomic mass is 9.91. The number of fused-ring (bicyclic) bond motifs is 2. The van der Waals surface area contributed by atoms with Crippen LogP contribution < -0.4 is 5.56 Å². The molecule has 31 heavy (non-hydrogen) atoms. The van der Waals surface area contributed by atoms with E-state index >= 15 is 0 Å². The molecule has 0 aliphatic carbocycles. The molecule has 0 radical (unpaired) electrons. The summed E-state index contributed by atoms with van der Waals surface area (Å²) in [5.74, 6) is 1.33. The number of halogens is 1. The van der Waals surface area contributed by atoms with E-state index in [0.29, 0.717) is 17.4 Å². The molecule has 0 N–H and O–H groups in total. The van der Waals surface area contributed by atoms with Crippen molar-refractivity contribution < 1.29 is 8.91 Å². The monoisotopic (exact) mass is 424 g/mol. The second-order valence-corrected chi connectivity index (χ2v) is 9.11. The first-order valence-corrected chi connectivity index (χ1v) is 11.4. The molecule has 0 spiro atoms. The highest BCUT2D eigenvalue weighted by Gasteiger charge is 2.26. The van der Waals surface area contributed by atoms with Gasteiger partial charge in [0.2, 0.25) is 0 Å². The number of likely N-dealkylation sites (tertiary alicyclic amines) is 1. The maximum atomic E-state index is 13.4. The van der Waals surface area contributed by atoms with Crippen LogP contribution >= 0.6 is 0 Å². The number of nitrogens with zero attached hydrogens (tertiary/aromatic N) is 4. The molecule has 5 rings (SSSR count). The fourth-order valence-electron chi connectivity index (χ4n) is 5.21. The second kappa shape index (κ2) is 8.19. The topological polar surface area (TPSA) is 64.2 Å². The van der Waals surface area contributed by atoms with E-state index in [1.54, 1.807) is 6.07 Å². The van der Waals surface area contributed by atoms with E-state index in [4.69, 9.17) is 9.51 Å². The summed E-state index contributed by atoms with van der Waals surface area (Å²) in [4.78, 5) is 20.3. The van der Waals surface area contributed by atoms with Gasteiger partial charge in [-0.05, 0) is 64.3 Å². The molecule has 164 valence electrons. The Morgan fingerprint density at radius 2 is 2.00 bits per heavy atom. The lowest BCUT2D eigenvalue weighted by Crippen LogP contribution is -2.37. The normalized spacial score (nSPS) is 20.3. The molecule has 1 saturated heterocycles. The van der Waals surface area contributed by atoms with Crippen LogP contribution in [0.1, 0.15) is 67.2 Å². The van der Waals surface area contributed by atoms with Gasteiger partial charge in [-0.15, -0.1) is 0 Å². The van der Waals surface area contributed by atoms with Gasteiger partial charge in [-0.3, -0.25) is 9.36 Å². The van der Waals surface area contributed by atoms with Crippen molar-refractivity contribution in [3.63, 3.8) is 0 Å². The minimum absolute atomic E-state index is 0.158. The Morgan fingerprint density at radius 3 is 2.81 bits per heavy atom. The molecule has 0 bridgehead atoms. The SMILES string of the molecule is Cc1nc2n(c(=O)c1CCN1CCC(c3noc4cc(F)ccc34)CC1)CCC[C@H]2C. The van der Waals surface area contributed by atoms with Crippen LogP contribution in [0.15, 0.2) is 27.5 Å². The molecule has 2 aromatic heterocycles. The van der Waals surface area contributed by atoms with Gasteiger partial charge in [0, 0.05) is 47.6 Å². The molecule has 1 atom stereocenters. The average molecular weight is 425 g/mol. The molecule has 1 fully saturated rings. The molecule has 1 aromatic carbocycles. The Balaban J connectivity index is 1.24. The number of hydrogen-bond acceptors (Lipinski definition) is 5. The first kappa shape index (κ1) is 20.4. The lowest BCUT2D eigenvalue weighted by Gasteiger charge is -2.31. The van der Waals surface area contributed by atoms with Crippen molar-refractivity contribution in [3.8, 4) is 0 Å². The largest absolute Gasteiger partial charge is 0.356 e. The predicted octanol–water partition coefficient (Wildman–Crippen LogP) is 4.15. The number of aromatic nitrogens is 3. The fraction of sp³-hybridized carbons (Fsp3) is 0.542. The maximum Gasteiger partial charge on any atom is 0.256 e. The summed E-state index contributed by atoms with van der Waals surface area (Å²) in [6, 6.07) is 4.63. The van der Waals surface area contributed by atoms with Crippen molar-refractivity contribution in [1.29, 1.82) is 0 Å². The molecule has 3 aromatic rings. The summed E-state index contributed by atoms with van der Waals surface area (Å²) >= 11 is 0. The molecule has 2 aliphatic rings. The molecule has 0 unspecified atom stereocenters. The van der Waals surface area contributed by atoms with Crippen molar-refractivity contribution in [2.45, 2.75) is 64.3 Å². The van der Waals surface area contributed by atoms with Gasteiger partial charge >= 0.3 is 0 Å². The van der Waals surface area contributed by atoms with Gasteiger partial charge < -0.3 is 9.42 Å². The van der Waals surface area contributed by atoms with E-state index in [2.05, 4.69) is 17.0 Å². The molecule has 6 nitrogen and oxygen atoms in total. The van der Waals surface area contributed by atoms with Crippen LogP contribution in [0.3, 0.4) is 0 Å². The molecule has 2 aliphatic heterocycles. The zero-order chi connectivity index (χ0) is 21.5. The van der Waals surface area contributed by atoms with Crippen molar-refractivity contribution in [2.24, 2.45) is 0 Å². The van der Waals surface area contributed by atoms with Crippen molar-refractivity contribution in [2.75, 3.05) is 19.6 Å². The van der Waals surface area contributed by atoms with Crippen LogP contribution in [-0.4, -0.2) is 39.2 Å². The number of aryl methyl sites for hydroxylation is 1. The summed E-state index contributed by atoms with van der Waals surface area (Å²) in [6.07, 6.45) is 4.86. The van der Waals surface area contributed by atoms with E-state index in [-0.39, 0.29) is 11.4 Å². The smallest absolute Gasteiger partial charge is 0.256 e. The first-order valence-electron chi connectivity index (χ1n) is 11.4. The second-order valence-electron chi connectivity index (χ2n) is 9.11. The molecule has 7 heteroatoms. The minimum Gasteiger partial charge on any atom is -0.356 e. The van der Waals surface area contributed by atoms with E-state index in [0.717, 1.165) is 86.4 Å². The molecular weight excluding hydrogens is 395 g/mol. The van der Waals surface area contributed by atoms with Gasteiger partial charge in [-0.2, -0.15) is 0 Å². The van der Waals surface area contributed by atoms with Crippen molar-refractivity contribution in [3.05, 3.63) is 57.1 Å². The third-order valence-corrected chi connectivity index (χ3v) is 7.07. The molecule has 0 saturated carbocycles. The van der Waals surface area contributed by atoms with E-state index in [1.165, 1.54) is 12.1 Å². The van der Waals surface area contributed by atoms with Crippen LogP contribution in [-0.2, 0) is 13.0 Å². The van der Waals surface area contributed by atoms with Gasteiger partial charge in [0.05, 0.1) is 5.69 Å². The standard InChI is InChI=1S/C24H29FN4O2/c1-15-4-3-10-29-23(15)26-16(2)19(24(29)30)9-13-28-11-7-17(8-12-28)22-20-6-5-18(25)14-21(20)31-27-22/h5-6,14-15,17H,3-4,7-13H2,1-2H3/t15-/m1/s1. The quantitative estimate of drug-likeness (QED) is 0.630. The molecule has 0 amide bonds. The Hall–Kier alpha value is -2.54. The van der Waals surface area contributed by atoms with Crippen molar-refractivity contribution >= 4 is 11.0 Å². The Kier molecular flexibility index (Phi) is 5.38. The zero-order valence-corrected chi connectivity index (χ0v) is 18.2. The summed E-state index contributed by atoms with van der Waals surface area (Å²) in [6.45, 7) is 7.70. The highest BCUT2D eigenvalue weighted by molar-refractivity contribution is 5.79. The summed E-state index contributed by atoms with van der Waals surface area (Å²) in [5.41, 5.74) is 3.37. The zero-order valence-electron chi connectivity index (χ0n) is 18.2. The number of piperidine rings is 1. The van der Waals surface area contributed by atoms with E-state index in [1.807, 2.05) is 11.5 Å². The maximum absolute atomic E-state index is 13.4. The van der Waals surface area contributed by atoms with Crippen LogP contribution in [0.5, 0.6) is 0 Å². The number of hydrogen-bond donors (Lipinski definition) is 0. The van der Waals surface area contributed by atoms with Gasteiger partial charge in [0.25, 0.3) is 5.56 Å². The summed E-state index contributed by atoms with van der Waals surface area (Å²) in [5, 5.41) is 5.15. The van der Waals surface area contributed by atoms with Crippen LogP contribution in [0.4, 0.5) is 4.39 Å². The van der Waals surface area contributed by atoms with E-state index < -0.39 is 0 Å². The number of rotatable bonds is 4. The molecule has 4 heterocycles. The minimum atomic E-state index is -0.303. The van der Waals surface area contributed by atoms with Crippen molar-refractivity contribution in [1.82, 2.24) is 19.6 Å². The summed E-state index contributed by atoms with van der Waals surface area (Å²) < 4.78 is 20.7. The van der Waals surface area contributed by atoms with Crippen LogP contribution in [0, 0.1) is 12.7 Å². The average Bonchev–Trinajstić information content (AvgIpc) is 3.18. The lowest BCUT2D eigenvalue weighted by molar-refractivity contribution is 0.211. The fourth-order valence-corrected chi connectivity index (χ4v) is 5.21. The highest BCUT2D eigenvalue weighted by Crippen LogP contribution is 2.33. The van der Waals surface area contributed by atoms with Gasteiger partial charge in [-0.25, -0.2) is 9.37 Å². The van der Waals surface area contributed by atoms with E-state index in [9.17, 15) is 9.18 Å². The third-order valence-electron chi connectivity index (χ3n) is 7.07. The predicted molar refractivity (Wildman–Crippen MR) is 117 cm³/mol. The Bertz CT molecular complexity index is 1160. The van der Waals surface area contributed by atoms with Crippen LogP contribution in [0.2, 0.25) is 0 Å². The number of benzene rings is 1. The third kappa shape index (κ3) is 3.80. The first-order chi connectivity index (χ1) is 15.0.